The zero-order valence-corrected chi connectivity index (χ0v) is 16.5. The average Bonchev–Trinajstić information content (AvgIpc) is 3.17. The molecule has 1 fully saturated rings. The molecule has 0 bridgehead atoms. The quantitative estimate of drug-likeness (QED) is 0.616. The molecular formula is C22H25N3O4. The Morgan fingerprint density at radius 1 is 1.10 bits per heavy atom. The Bertz CT molecular complexity index is 913. The number of aromatic nitrogens is 2. The number of aromatic amines is 1. The molecule has 1 aliphatic heterocycles. The summed E-state index contributed by atoms with van der Waals surface area (Å²) < 4.78 is 16.5. The number of hydrogen-bond donors (Lipinski definition) is 1. The summed E-state index contributed by atoms with van der Waals surface area (Å²) in [5, 5.41) is 0. The van der Waals surface area contributed by atoms with Crippen LogP contribution in [-0.4, -0.2) is 54.2 Å². The molecule has 0 unspecified atom stereocenters. The number of nitrogens with one attached hydrogen (secondary N) is 1. The number of rotatable bonds is 7. The molecule has 0 spiro atoms. The lowest BCUT2D eigenvalue weighted by molar-refractivity contribution is -0.147. The molecule has 29 heavy (non-hydrogen) atoms. The van der Waals surface area contributed by atoms with E-state index in [4.69, 9.17) is 14.2 Å². The molecule has 4 rings (SSSR count). The van der Waals surface area contributed by atoms with Gasteiger partial charge in [0.25, 0.3) is 6.01 Å². The molecule has 7 heteroatoms. The molecule has 1 N–H and O–H groups in total. The fraction of sp³-hybridized carbons (Fsp3) is 0.364. The van der Waals surface area contributed by atoms with Gasteiger partial charge in [0.05, 0.1) is 24.1 Å². The minimum absolute atomic E-state index is 0.0384. The normalized spacial score (nSPS) is 15.3. The first kappa shape index (κ1) is 19.3. The van der Waals surface area contributed by atoms with E-state index in [1.165, 1.54) is 7.11 Å². The van der Waals surface area contributed by atoms with Gasteiger partial charge in [0.2, 0.25) is 0 Å². The second-order valence-corrected chi connectivity index (χ2v) is 7.12. The summed E-state index contributed by atoms with van der Waals surface area (Å²) >= 11 is 0. The highest BCUT2D eigenvalue weighted by atomic mass is 16.5. The number of imidazole rings is 1. The van der Waals surface area contributed by atoms with Crippen LogP contribution in [0.4, 0.5) is 0 Å². The number of H-pyrrole nitrogens is 1. The summed E-state index contributed by atoms with van der Waals surface area (Å²) in [6.07, 6.45) is 1.70. The maximum absolute atomic E-state index is 11.6. The van der Waals surface area contributed by atoms with Gasteiger partial charge in [-0.25, -0.2) is 0 Å². The van der Waals surface area contributed by atoms with Gasteiger partial charge < -0.3 is 19.2 Å². The largest absolute Gasteiger partial charge is 0.492 e. The fourth-order valence-electron chi connectivity index (χ4n) is 3.54. The van der Waals surface area contributed by atoms with Crippen molar-refractivity contribution in [2.45, 2.75) is 12.8 Å². The second-order valence-electron chi connectivity index (χ2n) is 7.12. The standard InChI is InChI=1S/C22H25N3O4/c1-27-21(26)16-10-12-25(13-11-16)14-15-28-17-6-8-18(9-7-17)29-22-23-19-4-2-3-5-20(19)24-22/h2-9,16H,10-15H2,1H3,(H,23,24). The molecule has 7 nitrogen and oxygen atoms in total. The number of ether oxygens (including phenoxy) is 3. The van der Waals surface area contributed by atoms with Gasteiger partial charge in [-0.2, -0.15) is 4.98 Å². The Kier molecular flexibility index (Phi) is 5.95. The Balaban J connectivity index is 1.22. The van der Waals surface area contributed by atoms with Crippen molar-refractivity contribution in [1.29, 1.82) is 0 Å². The second kappa shape index (κ2) is 8.96. The number of hydrogen-bond acceptors (Lipinski definition) is 6. The van der Waals surface area contributed by atoms with Crippen molar-refractivity contribution in [2.24, 2.45) is 5.92 Å². The molecule has 0 radical (unpaired) electrons. The van der Waals surface area contributed by atoms with Crippen LogP contribution < -0.4 is 9.47 Å². The van der Waals surface area contributed by atoms with Crippen LogP contribution in [0.1, 0.15) is 12.8 Å². The molecule has 0 atom stereocenters. The molecule has 2 heterocycles. The van der Waals surface area contributed by atoms with Crippen LogP contribution in [0.25, 0.3) is 11.0 Å². The number of fused-ring (bicyclic) bond motifs is 1. The monoisotopic (exact) mass is 395 g/mol. The highest BCUT2D eigenvalue weighted by Crippen LogP contribution is 2.24. The molecule has 0 saturated carbocycles. The van der Waals surface area contributed by atoms with Crippen molar-refractivity contribution in [1.82, 2.24) is 14.9 Å². The van der Waals surface area contributed by atoms with E-state index in [1.807, 2.05) is 48.5 Å². The van der Waals surface area contributed by atoms with Crippen LogP contribution in [0, 0.1) is 5.92 Å². The first-order chi connectivity index (χ1) is 14.2. The number of nitrogens with zero attached hydrogens (tertiary/aromatic N) is 2. The predicted molar refractivity (Wildman–Crippen MR) is 109 cm³/mol. The number of methoxy groups -OCH3 is 1. The predicted octanol–water partition coefficient (Wildman–Crippen LogP) is 3.62. The lowest BCUT2D eigenvalue weighted by Gasteiger charge is -2.30. The zero-order chi connectivity index (χ0) is 20.1. The molecule has 0 aliphatic carbocycles. The molecule has 3 aromatic rings. The van der Waals surface area contributed by atoms with Crippen LogP contribution in [0.5, 0.6) is 17.5 Å². The van der Waals surface area contributed by atoms with Crippen LogP contribution in [0.3, 0.4) is 0 Å². The first-order valence-corrected chi connectivity index (χ1v) is 9.87. The Labute approximate surface area is 169 Å². The van der Waals surface area contributed by atoms with Crippen LogP contribution >= 0.6 is 0 Å². The lowest BCUT2D eigenvalue weighted by atomic mass is 9.97. The van der Waals surface area contributed by atoms with Gasteiger partial charge >= 0.3 is 5.97 Å². The van der Waals surface area contributed by atoms with Crippen molar-refractivity contribution >= 4 is 17.0 Å². The van der Waals surface area contributed by atoms with E-state index in [1.54, 1.807) is 0 Å². The third-order valence-corrected chi connectivity index (χ3v) is 5.20. The van der Waals surface area contributed by atoms with E-state index in [2.05, 4.69) is 14.9 Å². The Morgan fingerprint density at radius 2 is 1.83 bits per heavy atom. The third-order valence-electron chi connectivity index (χ3n) is 5.20. The van der Waals surface area contributed by atoms with Gasteiger partial charge in [-0.1, -0.05) is 12.1 Å². The van der Waals surface area contributed by atoms with Crippen molar-refractivity contribution in [3.05, 3.63) is 48.5 Å². The van der Waals surface area contributed by atoms with Crippen LogP contribution in [0.15, 0.2) is 48.5 Å². The minimum atomic E-state index is -0.0918. The fourth-order valence-corrected chi connectivity index (χ4v) is 3.54. The van der Waals surface area contributed by atoms with Gasteiger partial charge in [-0.3, -0.25) is 9.69 Å². The van der Waals surface area contributed by atoms with E-state index in [-0.39, 0.29) is 11.9 Å². The lowest BCUT2D eigenvalue weighted by Crippen LogP contribution is -2.38. The van der Waals surface area contributed by atoms with Crippen molar-refractivity contribution in [3.63, 3.8) is 0 Å². The van der Waals surface area contributed by atoms with Gasteiger partial charge in [-0.15, -0.1) is 0 Å². The van der Waals surface area contributed by atoms with E-state index in [9.17, 15) is 4.79 Å². The van der Waals surface area contributed by atoms with Crippen molar-refractivity contribution < 1.29 is 19.0 Å². The van der Waals surface area contributed by atoms with Gasteiger partial charge in [-0.05, 0) is 62.3 Å². The number of likely N-dealkylation sites (tertiary alicyclic amines) is 1. The maximum atomic E-state index is 11.6. The van der Waals surface area contributed by atoms with Gasteiger partial charge in [0.15, 0.2) is 0 Å². The first-order valence-electron chi connectivity index (χ1n) is 9.87. The Hall–Kier alpha value is -3.06. The summed E-state index contributed by atoms with van der Waals surface area (Å²) in [7, 11) is 1.45. The Morgan fingerprint density at radius 3 is 2.55 bits per heavy atom. The number of carbonyl (C=O) groups is 1. The molecule has 2 aromatic carbocycles. The number of benzene rings is 2. The minimum Gasteiger partial charge on any atom is -0.492 e. The highest BCUT2D eigenvalue weighted by molar-refractivity contribution is 5.75. The summed E-state index contributed by atoms with van der Waals surface area (Å²) in [4.78, 5) is 21.5. The summed E-state index contributed by atoms with van der Waals surface area (Å²) in [5.74, 6) is 1.44. The number of para-hydroxylation sites is 2. The highest BCUT2D eigenvalue weighted by Gasteiger charge is 2.25. The van der Waals surface area contributed by atoms with Crippen molar-refractivity contribution in [2.75, 3.05) is 33.4 Å². The number of carbonyl (C=O) groups excluding carboxylic acids is 1. The number of esters is 1. The van der Waals surface area contributed by atoms with Crippen LogP contribution in [0.2, 0.25) is 0 Å². The van der Waals surface area contributed by atoms with E-state index < -0.39 is 0 Å². The van der Waals surface area contributed by atoms with E-state index in [0.717, 1.165) is 49.3 Å². The van der Waals surface area contributed by atoms with E-state index in [0.29, 0.717) is 18.4 Å². The molecule has 1 aromatic heterocycles. The summed E-state index contributed by atoms with van der Waals surface area (Å²) in [6.45, 7) is 3.23. The maximum Gasteiger partial charge on any atom is 0.308 e. The van der Waals surface area contributed by atoms with Gasteiger partial charge in [0.1, 0.15) is 18.1 Å². The molecule has 1 aliphatic rings. The summed E-state index contributed by atoms with van der Waals surface area (Å²) in [5.41, 5.74) is 1.82. The summed E-state index contributed by atoms with van der Waals surface area (Å²) in [6, 6.07) is 15.8. The zero-order valence-electron chi connectivity index (χ0n) is 16.5. The molecule has 0 amide bonds. The smallest absolute Gasteiger partial charge is 0.308 e. The van der Waals surface area contributed by atoms with E-state index >= 15 is 0 Å². The average molecular weight is 395 g/mol. The topological polar surface area (TPSA) is 76.7 Å². The molecule has 152 valence electrons. The van der Waals surface area contributed by atoms with Crippen molar-refractivity contribution in [3.8, 4) is 17.5 Å². The van der Waals surface area contributed by atoms with Gasteiger partial charge in [0, 0.05) is 6.54 Å². The third kappa shape index (κ3) is 4.86. The molecular weight excluding hydrogens is 370 g/mol. The molecule has 1 saturated heterocycles. The van der Waals surface area contributed by atoms with Crippen LogP contribution in [-0.2, 0) is 9.53 Å². The number of piperidine rings is 1. The SMILES string of the molecule is COC(=O)C1CCN(CCOc2ccc(Oc3nc4ccccc4[nH]3)cc2)CC1.